The van der Waals surface area contributed by atoms with Gasteiger partial charge in [-0.3, -0.25) is 9.79 Å². The highest BCUT2D eigenvalue weighted by molar-refractivity contribution is 6.30. The Morgan fingerprint density at radius 1 is 1.22 bits per heavy atom. The van der Waals surface area contributed by atoms with E-state index in [1.807, 2.05) is 4.90 Å². The maximum Gasteiger partial charge on any atom is 0.433 e. The highest BCUT2D eigenvalue weighted by Gasteiger charge is 2.47. The summed E-state index contributed by atoms with van der Waals surface area (Å²) in [5, 5.41) is 3.07. The number of halogens is 5. The number of benzene rings is 1. The monoisotopic (exact) mass is 524 g/mol. The number of carbonyl (C=O) groups is 1. The van der Waals surface area contributed by atoms with E-state index in [-0.39, 0.29) is 29.3 Å². The van der Waals surface area contributed by atoms with Crippen LogP contribution in [0, 0.1) is 5.82 Å². The van der Waals surface area contributed by atoms with Gasteiger partial charge in [0.15, 0.2) is 0 Å². The molecule has 2 aromatic rings. The van der Waals surface area contributed by atoms with E-state index in [0.29, 0.717) is 48.4 Å². The number of ether oxygens (including phenoxy) is 1. The van der Waals surface area contributed by atoms with E-state index in [9.17, 15) is 22.4 Å². The molecule has 2 fully saturated rings. The predicted molar refractivity (Wildman–Crippen MR) is 127 cm³/mol. The first-order valence-corrected chi connectivity index (χ1v) is 12.2. The van der Waals surface area contributed by atoms with Crippen molar-refractivity contribution in [1.29, 1.82) is 0 Å². The van der Waals surface area contributed by atoms with Crippen LogP contribution in [0.1, 0.15) is 60.5 Å². The lowest BCUT2D eigenvalue weighted by Crippen LogP contribution is -2.49. The van der Waals surface area contributed by atoms with Crippen LogP contribution in [0.3, 0.4) is 0 Å². The molecule has 6 nitrogen and oxygen atoms in total. The summed E-state index contributed by atoms with van der Waals surface area (Å²) in [6.45, 7) is 0.913. The predicted octanol–water partition coefficient (Wildman–Crippen LogP) is 5.22. The molecule has 11 heteroatoms. The lowest BCUT2D eigenvalue weighted by Gasteiger charge is -2.37. The van der Waals surface area contributed by atoms with Gasteiger partial charge in [-0.25, -0.2) is 9.37 Å². The number of methoxy groups -OCH3 is 1. The van der Waals surface area contributed by atoms with Crippen molar-refractivity contribution in [3.8, 4) is 0 Å². The Morgan fingerprint density at radius 2 is 1.94 bits per heavy atom. The molecule has 3 heterocycles. The normalized spacial score (nSPS) is 19.9. The lowest BCUT2D eigenvalue weighted by atomic mass is 9.80. The first-order valence-electron chi connectivity index (χ1n) is 11.8. The Hall–Kier alpha value is -2.72. The number of piperidine rings is 1. The van der Waals surface area contributed by atoms with Crippen molar-refractivity contribution < 1.29 is 27.1 Å². The molecular weight excluding hydrogens is 500 g/mol. The van der Waals surface area contributed by atoms with Crippen LogP contribution < -0.4 is 10.2 Å². The molecule has 0 unspecified atom stereocenters. The van der Waals surface area contributed by atoms with Gasteiger partial charge < -0.3 is 15.0 Å². The Kier molecular flexibility index (Phi) is 6.45. The molecule has 1 aliphatic carbocycles. The molecule has 2 aliphatic heterocycles. The van der Waals surface area contributed by atoms with Crippen molar-refractivity contribution >= 4 is 29.0 Å². The standard InChI is InChI=1S/C25H25ClF4N4O2/c1-36-13-17-18(27)11-15(26)12-19(17)34-9-7-24(8-10-34)23(35)32-22(33-24)16-5-6-20(25(28,29)30)31-21(16)14-3-2-4-14/h5-6,11-12,14H,2-4,7-10,13H2,1H3,(H,32,33,35). The number of nitrogens with zero attached hydrogens (tertiary/aromatic N) is 3. The molecule has 36 heavy (non-hydrogen) atoms. The molecule has 192 valence electrons. The number of nitrogens with one attached hydrogen (secondary N) is 1. The average molecular weight is 525 g/mol. The number of rotatable bonds is 5. The molecule has 1 saturated carbocycles. The summed E-state index contributed by atoms with van der Waals surface area (Å²) in [7, 11) is 1.48. The summed E-state index contributed by atoms with van der Waals surface area (Å²) < 4.78 is 59.6. The highest BCUT2D eigenvalue weighted by atomic mass is 35.5. The zero-order chi connectivity index (χ0) is 25.7. The fourth-order valence-corrected chi connectivity index (χ4v) is 5.28. The molecule has 0 radical (unpaired) electrons. The van der Waals surface area contributed by atoms with Crippen LogP contribution in [0.15, 0.2) is 29.3 Å². The number of amidine groups is 1. The van der Waals surface area contributed by atoms with Crippen LogP contribution in [-0.4, -0.2) is 42.5 Å². The summed E-state index contributed by atoms with van der Waals surface area (Å²) in [6, 6.07) is 5.22. The van der Waals surface area contributed by atoms with Crippen molar-refractivity contribution in [2.45, 2.75) is 56.3 Å². The van der Waals surface area contributed by atoms with Crippen LogP contribution in [0.4, 0.5) is 23.2 Å². The van der Waals surface area contributed by atoms with Gasteiger partial charge >= 0.3 is 6.18 Å². The van der Waals surface area contributed by atoms with Gasteiger partial charge in [0, 0.05) is 48.0 Å². The second-order valence-corrected chi connectivity index (χ2v) is 9.94. The van der Waals surface area contributed by atoms with Crippen LogP contribution in [-0.2, 0) is 22.3 Å². The summed E-state index contributed by atoms with van der Waals surface area (Å²) in [5.74, 6) is -0.564. The van der Waals surface area contributed by atoms with Gasteiger partial charge in [0.2, 0.25) is 0 Å². The van der Waals surface area contributed by atoms with Crippen LogP contribution in [0.2, 0.25) is 5.02 Å². The second kappa shape index (κ2) is 9.30. The molecular formula is C25H25ClF4N4O2. The van der Waals surface area contributed by atoms with Gasteiger partial charge in [-0.1, -0.05) is 18.0 Å². The average Bonchev–Trinajstić information content (AvgIpc) is 3.09. The van der Waals surface area contributed by atoms with Crippen molar-refractivity contribution in [3.63, 3.8) is 0 Å². The molecule has 1 aromatic carbocycles. The SMILES string of the molecule is COCc1c(F)cc(Cl)cc1N1CCC2(CC1)N=C(c1ccc(C(F)(F)F)nc1C1CCC1)NC2=O. The van der Waals surface area contributed by atoms with Crippen LogP contribution >= 0.6 is 11.6 Å². The Labute approximate surface area is 210 Å². The topological polar surface area (TPSA) is 66.8 Å². The quantitative estimate of drug-likeness (QED) is 0.544. The number of hydrogen-bond donors (Lipinski definition) is 1. The van der Waals surface area contributed by atoms with E-state index in [4.69, 9.17) is 21.3 Å². The molecule has 1 N–H and O–H groups in total. The molecule has 1 amide bonds. The number of carbonyl (C=O) groups excluding carboxylic acids is 1. The molecule has 0 bridgehead atoms. The van der Waals surface area contributed by atoms with Crippen molar-refractivity contribution in [2.24, 2.45) is 4.99 Å². The minimum absolute atomic E-state index is 0.0770. The molecule has 3 aliphatic rings. The van der Waals surface area contributed by atoms with E-state index in [1.54, 1.807) is 6.07 Å². The number of amides is 1. The lowest BCUT2D eigenvalue weighted by molar-refractivity contribution is -0.141. The van der Waals surface area contributed by atoms with E-state index in [2.05, 4.69) is 10.3 Å². The Balaban J connectivity index is 1.42. The maximum atomic E-state index is 14.5. The van der Waals surface area contributed by atoms with Gasteiger partial charge in [-0.2, -0.15) is 13.2 Å². The third-order valence-corrected chi connectivity index (χ3v) is 7.52. The number of aliphatic imine (C=N–C) groups is 1. The van der Waals surface area contributed by atoms with E-state index < -0.39 is 23.2 Å². The van der Waals surface area contributed by atoms with Gasteiger partial charge in [0.1, 0.15) is 22.9 Å². The van der Waals surface area contributed by atoms with Crippen LogP contribution in [0.5, 0.6) is 0 Å². The number of pyridine rings is 1. The van der Waals surface area contributed by atoms with Gasteiger partial charge in [0.05, 0.1) is 12.3 Å². The molecule has 5 rings (SSSR count). The van der Waals surface area contributed by atoms with Crippen LogP contribution in [0.25, 0.3) is 0 Å². The fraction of sp³-hybridized carbons (Fsp3) is 0.480. The Morgan fingerprint density at radius 3 is 2.56 bits per heavy atom. The number of aromatic nitrogens is 1. The number of alkyl halides is 3. The third kappa shape index (κ3) is 4.45. The minimum Gasteiger partial charge on any atom is -0.380 e. The van der Waals surface area contributed by atoms with Crippen molar-refractivity contribution in [3.05, 3.63) is 57.6 Å². The molecule has 1 saturated heterocycles. The summed E-state index contributed by atoms with van der Waals surface area (Å²) in [6.07, 6.45) is -1.40. The fourth-order valence-electron chi connectivity index (χ4n) is 5.09. The van der Waals surface area contributed by atoms with Crippen molar-refractivity contribution in [2.75, 3.05) is 25.1 Å². The van der Waals surface area contributed by atoms with E-state index in [1.165, 1.54) is 19.2 Å². The molecule has 0 atom stereocenters. The van der Waals surface area contributed by atoms with E-state index >= 15 is 0 Å². The maximum absolute atomic E-state index is 14.5. The number of hydrogen-bond acceptors (Lipinski definition) is 5. The van der Waals surface area contributed by atoms with Crippen molar-refractivity contribution in [1.82, 2.24) is 10.3 Å². The largest absolute Gasteiger partial charge is 0.433 e. The summed E-state index contributed by atoms with van der Waals surface area (Å²) in [4.78, 5) is 23.7. The molecule has 1 spiro atoms. The van der Waals surface area contributed by atoms with Gasteiger partial charge in [0.25, 0.3) is 5.91 Å². The van der Waals surface area contributed by atoms with Gasteiger partial charge in [-0.05, 0) is 49.9 Å². The zero-order valence-corrected chi connectivity index (χ0v) is 20.3. The third-order valence-electron chi connectivity index (χ3n) is 7.30. The summed E-state index contributed by atoms with van der Waals surface area (Å²) >= 11 is 6.10. The smallest absolute Gasteiger partial charge is 0.380 e. The number of anilines is 1. The first kappa shape index (κ1) is 25.0. The molecule has 1 aromatic heterocycles. The minimum atomic E-state index is -4.55. The van der Waals surface area contributed by atoms with Gasteiger partial charge in [-0.15, -0.1) is 0 Å². The Bertz CT molecular complexity index is 1220. The summed E-state index contributed by atoms with van der Waals surface area (Å²) in [5.41, 5.74) is -0.203. The highest BCUT2D eigenvalue weighted by Crippen LogP contribution is 2.41. The first-order chi connectivity index (χ1) is 17.1. The second-order valence-electron chi connectivity index (χ2n) is 9.51. The van der Waals surface area contributed by atoms with E-state index in [0.717, 1.165) is 25.3 Å². The zero-order valence-electron chi connectivity index (χ0n) is 19.6.